The number of benzene rings is 2. The highest BCUT2D eigenvalue weighted by Crippen LogP contribution is 2.32. The molecule has 2 aliphatic rings. The Balaban J connectivity index is 1.33. The van der Waals surface area contributed by atoms with Crippen molar-refractivity contribution in [2.24, 2.45) is 5.92 Å². The summed E-state index contributed by atoms with van der Waals surface area (Å²) in [7, 11) is -3.52. The van der Waals surface area contributed by atoms with E-state index >= 15 is 0 Å². The van der Waals surface area contributed by atoms with Gasteiger partial charge in [0.15, 0.2) is 5.82 Å². The number of ether oxygens (including phenoxy) is 2. The average Bonchev–Trinajstić information content (AvgIpc) is 3.26. The lowest BCUT2D eigenvalue weighted by atomic mass is 9.90. The van der Waals surface area contributed by atoms with Gasteiger partial charge in [-0.3, -0.25) is 9.48 Å². The number of sulfonamides is 1. The van der Waals surface area contributed by atoms with Crippen molar-refractivity contribution in [2.75, 3.05) is 25.2 Å². The van der Waals surface area contributed by atoms with Crippen LogP contribution >= 0.6 is 0 Å². The lowest BCUT2D eigenvalue weighted by molar-refractivity contribution is -0.116. The maximum atomic E-state index is 13.0. The van der Waals surface area contributed by atoms with E-state index in [1.54, 1.807) is 30.5 Å². The lowest BCUT2D eigenvalue weighted by Gasteiger charge is -2.25. The van der Waals surface area contributed by atoms with Gasteiger partial charge < -0.3 is 14.8 Å². The second-order valence-electron chi connectivity index (χ2n) is 9.03. The maximum absolute atomic E-state index is 13.0. The molecule has 3 aromatic rings. The van der Waals surface area contributed by atoms with Crippen LogP contribution in [-0.4, -0.2) is 48.3 Å². The normalized spacial score (nSPS) is 16.9. The van der Waals surface area contributed by atoms with E-state index in [0.29, 0.717) is 25.5 Å². The first-order chi connectivity index (χ1) is 18.4. The second-order valence-corrected chi connectivity index (χ2v) is 11.0. The summed E-state index contributed by atoms with van der Waals surface area (Å²) in [5, 5.41) is 8.48. The Morgan fingerprint density at radius 2 is 1.89 bits per heavy atom. The van der Waals surface area contributed by atoms with E-state index in [1.807, 2.05) is 61.0 Å². The number of amides is 1. The van der Waals surface area contributed by atoms with Crippen molar-refractivity contribution in [1.29, 1.82) is 0 Å². The van der Waals surface area contributed by atoms with Gasteiger partial charge in [-0.05, 0) is 35.9 Å². The quantitative estimate of drug-likeness (QED) is 0.437. The molecule has 2 aromatic carbocycles. The number of rotatable bonds is 9. The van der Waals surface area contributed by atoms with Crippen molar-refractivity contribution in [3.05, 3.63) is 89.9 Å². The Labute approximate surface area is 222 Å². The molecule has 0 fully saturated rings. The number of hydrogen-bond acceptors (Lipinski definition) is 6. The van der Waals surface area contributed by atoms with E-state index in [4.69, 9.17) is 9.47 Å². The van der Waals surface area contributed by atoms with Crippen LogP contribution in [0.3, 0.4) is 0 Å². The van der Waals surface area contributed by atoms with Crippen LogP contribution < -0.4 is 5.32 Å². The summed E-state index contributed by atoms with van der Waals surface area (Å²) >= 11 is 0. The molecule has 5 rings (SSSR count). The summed E-state index contributed by atoms with van der Waals surface area (Å²) in [5.41, 5.74) is 2.60. The van der Waals surface area contributed by atoms with Crippen LogP contribution in [0.5, 0.6) is 0 Å². The number of aromatic nitrogens is 2. The zero-order chi connectivity index (χ0) is 26.7. The van der Waals surface area contributed by atoms with E-state index in [-0.39, 0.29) is 29.9 Å². The van der Waals surface area contributed by atoms with E-state index in [1.165, 1.54) is 4.31 Å². The van der Waals surface area contributed by atoms with Crippen LogP contribution in [0.1, 0.15) is 25.8 Å². The van der Waals surface area contributed by atoms with Gasteiger partial charge in [0.2, 0.25) is 22.7 Å². The molecule has 0 saturated carbocycles. The van der Waals surface area contributed by atoms with Crippen LogP contribution in [0, 0.1) is 5.92 Å². The number of anilines is 1. The second kappa shape index (κ2) is 10.8. The van der Waals surface area contributed by atoms with Crippen molar-refractivity contribution in [3.8, 4) is 0 Å². The van der Waals surface area contributed by atoms with Crippen molar-refractivity contribution >= 4 is 32.7 Å². The molecule has 1 N–H and O–H groups in total. The molecule has 2 heterocycles. The highest BCUT2D eigenvalue weighted by Gasteiger charge is 2.26. The minimum absolute atomic E-state index is 0.158. The van der Waals surface area contributed by atoms with Gasteiger partial charge in [0.05, 0.1) is 23.2 Å². The summed E-state index contributed by atoms with van der Waals surface area (Å²) in [6.45, 7) is 5.07. The minimum atomic E-state index is -3.52. The number of nitrogens with one attached hydrogen (secondary N) is 1. The number of nitrogens with zero attached hydrogens (tertiary/aromatic N) is 3. The Morgan fingerprint density at radius 3 is 2.66 bits per heavy atom. The van der Waals surface area contributed by atoms with Crippen molar-refractivity contribution in [2.45, 2.75) is 31.7 Å². The molecule has 0 bridgehead atoms. The molecule has 1 aliphatic heterocycles. The van der Waals surface area contributed by atoms with E-state index in [0.717, 1.165) is 27.8 Å². The third kappa shape index (κ3) is 5.09. The Kier molecular flexibility index (Phi) is 7.35. The molecule has 1 aliphatic carbocycles. The number of para-hydroxylation sites is 1. The van der Waals surface area contributed by atoms with Gasteiger partial charge >= 0.3 is 0 Å². The molecule has 38 heavy (non-hydrogen) atoms. The van der Waals surface area contributed by atoms with E-state index in [9.17, 15) is 13.2 Å². The first-order valence-corrected chi connectivity index (χ1v) is 14.0. The summed E-state index contributed by atoms with van der Waals surface area (Å²) < 4.78 is 39.7. The summed E-state index contributed by atoms with van der Waals surface area (Å²) in [4.78, 5) is 13.3. The standard InChI is InChI=1S/C28H30N4O5S/c1-3-31(4-2)38(34,35)22-14-12-20(13-15-22)17-32-25-10-6-5-9-23(25)28(30-32)29-27(33)16-21-8-7-11-26-24(21)18-36-19-37-26/h5-15,18,21H,3-4,16-17,19H2,1-2H3,(H,29,30,33). The Hall–Kier alpha value is -3.89. The highest BCUT2D eigenvalue weighted by molar-refractivity contribution is 7.89. The van der Waals surface area contributed by atoms with Crippen LogP contribution in [-0.2, 0) is 30.8 Å². The van der Waals surface area contributed by atoms with E-state index < -0.39 is 10.0 Å². The van der Waals surface area contributed by atoms with Crippen molar-refractivity contribution < 1.29 is 22.7 Å². The molecule has 1 atom stereocenters. The summed E-state index contributed by atoms with van der Waals surface area (Å²) in [5.74, 6) is 0.873. The topological polar surface area (TPSA) is 103 Å². The molecular weight excluding hydrogens is 504 g/mol. The molecular formula is C28H30N4O5S. The molecule has 10 heteroatoms. The molecule has 1 amide bonds. The predicted octanol–water partition coefficient (Wildman–Crippen LogP) is 4.40. The SMILES string of the molecule is CCN(CC)S(=O)(=O)c1ccc(Cn2nc(NC(=O)CC3C=CC=C4OCOC=C43)c3ccccc32)cc1. The lowest BCUT2D eigenvalue weighted by Crippen LogP contribution is -2.30. The number of carbonyl (C=O) groups is 1. The summed E-state index contributed by atoms with van der Waals surface area (Å²) in [6, 6.07) is 14.5. The fraction of sp³-hybridized carbons (Fsp3) is 0.286. The predicted molar refractivity (Wildman–Crippen MR) is 144 cm³/mol. The molecule has 1 aromatic heterocycles. The molecule has 198 valence electrons. The largest absolute Gasteiger partial charge is 0.465 e. The smallest absolute Gasteiger partial charge is 0.243 e. The highest BCUT2D eigenvalue weighted by atomic mass is 32.2. The van der Waals surface area contributed by atoms with Gasteiger partial charge in [0.1, 0.15) is 5.76 Å². The Morgan fingerprint density at radius 1 is 1.13 bits per heavy atom. The molecule has 1 unspecified atom stereocenters. The van der Waals surface area contributed by atoms with Crippen molar-refractivity contribution in [1.82, 2.24) is 14.1 Å². The van der Waals surface area contributed by atoms with Crippen molar-refractivity contribution in [3.63, 3.8) is 0 Å². The van der Waals surface area contributed by atoms with Gasteiger partial charge in [0.25, 0.3) is 0 Å². The van der Waals surface area contributed by atoms with Gasteiger partial charge in [-0.15, -0.1) is 0 Å². The maximum Gasteiger partial charge on any atom is 0.243 e. The van der Waals surface area contributed by atoms with Gasteiger partial charge in [-0.1, -0.05) is 50.3 Å². The third-order valence-electron chi connectivity index (χ3n) is 6.69. The number of hydrogen-bond donors (Lipinski definition) is 1. The number of fused-ring (bicyclic) bond motifs is 2. The third-order valence-corrected chi connectivity index (χ3v) is 8.75. The van der Waals surface area contributed by atoms with Gasteiger partial charge in [-0.25, -0.2) is 8.42 Å². The monoisotopic (exact) mass is 534 g/mol. The zero-order valence-electron chi connectivity index (χ0n) is 21.3. The Bertz CT molecular complexity index is 1530. The van der Waals surface area contributed by atoms with Crippen LogP contribution in [0.25, 0.3) is 10.9 Å². The van der Waals surface area contributed by atoms with Crippen LogP contribution in [0.2, 0.25) is 0 Å². The first kappa shape index (κ1) is 25.7. The zero-order valence-corrected chi connectivity index (χ0v) is 22.1. The molecule has 0 radical (unpaired) electrons. The molecule has 0 spiro atoms. The fourth-order valence-electron chi connectivity index (χ4n) is 4.71. The average molecular weight is 535 g/mol. The summed E-state index contributed by atoms with van der Waals surface area (Å²) in [6.07, 6.45) is 7.57. The molecule has 9 nitrogen and oxygen atoms in total. The van der Waals surface area contributed by atoms with Crippen LogP contribution in [0.4, 0.5) is 5.82 Å². The van der Waals surface area contributed by atoms with Gasteiger partial charge in [0, 0.05) is 36.4 Å². The fourth-order valence-corrected chi connectivity index (χ4v) is 6.17. The molecule has 0 saturated heterocycles. The number of allylic oxidation sites excluding steroid dienone is 4. The van der Waals surface area contributed by atoms with Gasteiger partial charge in [-0.2, -0.15) is 9.40 Å². The minimum Gasteiger partial charge on any atom is -0.465 e. The van der Waals surface area contributed by atoms with Crippen LogP contribution in [0.15, 0.2) is 89.2 Å². The van der Waals surface area contributed by atoms with E-state index in [2.05, 4.69) is 10.4 Å². The first-order valence-electron chi connectivity index (χ1n) is 12.6. The number of carbonyl (C=O) groups excluding carboxylic acids is 1.